The van der Waals surface area contributed by atoms with E-state index < -0.39 is 11.2 Å². The first-order chi connectivity index (χ1) is 21.4. The standard InChI is InChI=1S/2C18H24O4/c1-2-13-22-18(10-4-3-5-11-18)17(20)15-6-8-16(9-7-15)21-14-12-19;1-2-12-21-13-14-22-16-8-6-15(7-9-16)17(19)18(20)10-4-3-5-11-18/h2,6-9,19H,1,3-5,10-14H2;2,6-9,20H,1,3-5,10-14H2. The molecular weight excluding hydrogens is 560 g/mol. The summed E-state index contributed by atoms with van der Waals surface area (Å²) in [5, 5.41) is 19.2. The second-order valence-corrected chi connectivity index (χ2v) is 11.2. The van der Waals surface area contributed by atoms with Crippen molar-refractivity contribution in [3.8, 4) is 11.5 Å². The van der Waals surface area contributed by atoms with Crippen LogP contribution < -0.4 is 9.47 Å². The Hall–Kier alpha value is -3.30. The normalized spacial score (nSPS) is 17.0. The summed E-state index contributed by atoms with van der Waals surface area (Å²) in [6, 6.07) is 14.0. The lowest BCUT2D eigenvalue weighted by atomic mass is 9.79. The zero-order valence-electron chi connectivity index (χ0n) is 25.8. The zero-order chi connectivity index (χ0) is 31.7. The van der Waals surface area contributed by atoms with E-state index in [1.165, 1.54) is 0 Å². The zero-order valence-corrected chi connectivity index (χ0v) is 25.8. The third-order valence-corrected chi connectivity index (χ3v) is 7.98. The number of hydrogen-bond donors (Lipinski definition) is 2. The first kappa shape index (κ1) is 35.2. The number of ether oxygens (including phenoxy) is 4. The molecule has 0 aliphatic heterocycles. The Labute approximate surface area is 261 Å². The molecule has 4 rings (SSSR count). The van der Waals surface area contributed by atoms with Crippen LogP contribution in [0.25, 0.3) is 0 Å². The molecule has 0 saturated heterocycles. The van der Waals surface area contributed by atoms with Crippen LogP contribution in [-0.2, 0) is 9.47 Å². The lowest BCUT2D eigenvalue weighted by Crippen LogP contribution is -2.43. The van der Waals surface area contributed by atoms with Crippen LogP contribution in [0.1, 0.15) is 84.9 Å². The van der Waals surface area contributed by atoms with Crippen molar-refractivity contribution in [3.05, 3.63) is 85.0 Å². The number of Topliss-reactive ketones (excluding diaryl/α,β-unsaturated/α-hetero) is 2. The van der Waals surface area contributed by atoms with Gasteiger partial charge in [0.05, 0.1) is 26.4 Å². The lowest BCUT2D eigenvalue weighted by Gasteiger charge is -2.35. The Kier molecular flexibility index (Phi) is 14.8. The fourth-order valence-corrected chi connectivity index (χ4v) is 5.63. The molecular formula is C36H48O8. The Balaban J connectivity index is 0.000000240. The Bertz CT molecular complexity index is 1160. The van der Waals surface area contributed by atoms with E-state index in [0.29, 0.717) is 61.9 Å². The van der Waals surface area contributed by atoms with E-state index in [1.54, 1.807) is 60.7 Å². The number of benzene rings is 2. The average molecular weight is 609 g/mol. The molecule has 0 unspecified atom stereocenters. The highest BCUT2D eigenvalue weighted by atomic mass is 16.5. The van der Waals surface area contributed by atoms with Gasteiger partial charge in [0.15, 0.2) is 11.6 Å². The molecule has 0 aromatic heterocycles. The van der Waals surface area contributed by atoms with Crippen LogP contribution in [0.5, 0.6) is 11.5 Å². The maximum absolute atomic E-state index is 12.9. The van der Waals surface area contributed by atoms with Gasteiger partial charge in [0, 0.05) is 11.1 Å². The van der Waals surface area contributed by atoms with Crippen LogP contribution >= 0.6 is 0 Å². The van der Waals surface area contributed by atoms with E-state index in [1.807, 2.05) is 0 Å². The Morgan fingerprint density at radius 2 is 1.18 bits per heavy atom. The summed E-state index contributed by atoms with van der Waals surface area (Å²) in [4.78, 5) is 25.4. The minimum atomic E-state index is -1.18. The SMILES string of the molecule is C=CCOC1(C(=O)c2ccc(OCCO)cc2)CCCCC1.C=CCOCCOc1ccc(C(=O)C2(O)CCCCC2)cc1. The molecule has 2 aliphatic carbocycles. The van der Waals surface area contributed by atoms with Gasteiger partial charge in [-0.1, -0.05) is 50.7 Å². The fraction of sp³-hybridized carbons (Fsp3) is 0.500. The van der Waals surface area contributed by atoms with Crippen molar-refractivity contribution in [3.63, 3.8) is 0 Å². The molecule has 0 spiro atoms. The monoisotopic (exact) mass is 608 g/mol. The van der Waals surface area contributed by atoms with Crippen molar-refractivity contribution in [2.45, 2.75) is 75.4 Å². The predicted octanol–water partition coefficient (Wildman–Crippen LogP) is 6.29. The van der Waals surface area contributed by atoms with E-state index in [9.17, 15) is 14.7 Å². The van der Waals surface area contributed by atoms with Gasteiger partial charge < -0.3 is 29.2 Å². The Morgan fingerprint density at radius 3 is 1.70 bits per heavy atom. The quantitative estimate of drug-likeness (QED) is 0.130. The number of carbonyl (C=O) groups excluding carboxylic acids is 2. The molecule has 2 aromatic rings. The van der Waals surface area contributed by atoms with Crippen molar-refractivity contribution >= 4 is 11.6 Å². The topological polar surface area (TPSA) is 112 Å². The van der Waals surface area contributed by atoms with Gasteiger partial charge in [0.1, 0.15) is 35.9 Å². The highest BCUT2D eigenvalue weighted by Gasteiger charge is 2.41. The number of aliphatic hydroxyl groups is 2. The smallest absolute Gasteiger partial charge is 0.194 e. The van der Waals surface area contributed by atoms with Gasteiger partial charge in [0.25, 0.3) is 0 Å². The van der Waals surface area contributed by atoms with Gasteiger partial charge in [-0.15, -0.1) is 13.2 Å². The van der Waals surface area contributed by atoms with E-state index >= 15 is 0 Å². The van der Waals surface area contributed by atoms with Crippen LogP contribution in [0.3, 0.4) is 0 Å². The molecule has 8 heteroatoms. The van der Waals surface area contributed by atoms with Gasteiger partial charge in [-0.05, 0) is 74.2 Å². The molecule has 2 saturated carbocycles. The number of aliphatic hydroxyl groups excluding tert-OH is 1. The molecule has 0 bridgehead atoms. The molecule has 0 amide bonds. The maximum atomic E-state index is 12.9. The molecule has 2 aliphatic rings. The number of hydrogen-bond acceptors (Lipinski definition) is 8. The van der Waals surface area contributed by atoms with E-state index in [2.05, 4.69) is 13.2 Å². The molecule has 0 heterocycles. The second kappa shape index (κ2) is 18.5. The van der Waals surface area contributed by atoms with Crippen molar-refractivity contribution in [2.24, 2.45) is 0 Å². The van der Waals surface area contributed by atoms with E-state index in [0.717, 1.165) is 51.4 Å². The fourth-order valence-electron chi connectivity index (χ4n) is 5.63. The molecule has 2 N–H and O–H groups in total. The molecule has 8 nitrogen and oxygen atoms in total. The van der Waals surface area contributed by atoms with Gasteiger partial charge >= 0.3 is 0 Å². The van der Waals surface area contributed by atoms with Crippen LogP contribution in [0.2, 0.25) is 0 Å². The number of carbonyl (C=O) groups is 2. The van der Waals surface area contributed by atoms with Crippen LogP contribution in [0.4, 0.5) is 0 Å². The van der Waals surface area contributed by atoms with Crippen molar-refractivity contribution in [1.82, 2.24) is 0 Å². The molecule has 0 radical (unpaired) electrons. The highest BCUT2D eigenvalue weighted by molar-refractivity contribution is 6.03. The van der Waals surface area contributed by atoms with Gasteiger partial charge in [-0.3, -0.25) is 9.59 Å². The number of rotatable bonds is 16. The summed E-state index contributed by atoms with van der Waals surface area (Å²) in [6.45, 7) is 9.31. The predicted molar refractivity (Wildman–Crippen MR) is 171 cm³/mol. The minimum absolute atomic E-state index is 0.0286. The third kappa shape index (κ3) is 10.4. The molecule has 2 aromatic carbocycles. The maximum Gasteiger partial charge on any atom is 0.194 e. The summed E-state index contributed by atoms with van der Waals surface area (Å²) >= 11 is 0. The minimum Gasteiger partial charge on any atom is -0.491 e. The van der Waals surface area contributed by atoms with Gasteiger partial charge in [-0.25, -0.2) is 0 Å². The molecule has 44 heavy (non-hydrogen) atoms. The van der Waals surface area contributed by atoms with E-state index in [-0.39, 0.29) is 24.8 Å². The molecule has 2 fully saturated rings. The lowest BCUT2D eigenvalue weighted by molar-refractivity contribution is -0.0347. The third-order valence-electron chi connectivity index (χ3n) is 7.98. The molecule has 0 atom stereocenters. The van der Waals surface area contributed by atoms with Crippen molar-refractivity contribution < 1.29 is 38.7 Å². The Morgan fingerprint density at radius 1 is 0.682 bits per heavy atom. The second-order valence-electron chi connectivity index (χ2n) is 11.2. The van der Waals surface area contributed by atoms with Crippen LogP contribution in [0.15, 0.2) is 73.8 Å². The highest BCUT2D eigenvalue weighted by Crippen LogP contribution is 2.35. The average Bonchev–Trinajstić information content (AvgIpc) is 3.07. The molecule has 240 valence electrons. The summed E-state index contributed by atoms with van der Waals surface area (Å²) < 4.78 is 22.0. The first-order valence-corrected chi connectivity index (χ1v) is 15.7. The summed E-state index contributed by atoms with van der Waals surface area (Å²) in [6.07, 6.45) is 12.1. The van der Waals surface area contributed by atoms with Crippen LogP contribution in [0, 0.1) is 0 Å². The van der Waals surface area contributed by atoms with E-state index in [4.69, 9.17) is 24.1 Å². The van der Waals surface area contributed by atoms with Gasteiger partial charge in [-0.2, -0.15) is 0 Å². The number of ketones is 2. The summed E-state index contributed by atoms with van der Waals surface area (Å²) in [5.41, 5.74) is -0.707. The summed E-state index contributed by atoms with van der Waals surface area (Å²) in [5.74, 6) is 1.21. The van der Waals surface area contributed by atoms with Crippen LogP contribution in [-0.4, -0.2) is 72.6 Å². The van der Waals surface area contributed by atoms with Crippen molar-refractivity contribution in [1.29, 1.82) is 0 Å². The summed E-state index contributed by atoms with van der Waals surface area (Å²) in [7, 11) is 0. The largest absolute Gasteiger partial charge is 0.491 e. The van der Waals surface area contributed by atoms with Crippen molar-refractivity contribution in [2.75, 3.05) is 39.6 Å². The first-order valence-electron chi connectivity index (χ1n) is 15.7. The van der Waals surface area contributed by atoms with Gasteiger partial charge in [0.2, 0.25) is 0 Å².